The van der Waals surface area contributed by atoms with Crippen molar-refractivity contribution in [3.05, 3.63) is 41.1 Å². The molecule has 1 amide bonds. The Morgan fingerprint density at radius 2 is 1.88 bits per heavy atom. The second kappa shape index (κ2) is 6.59. The molecular formula is C19H22N2O3. The van der Waals surface area contributed by atoms with Gasteiger partial charge in [0.05, 0.1) is 29.8 Å². The molecule has 0 atom stereocenters. The number of hydrogen-bond donors (Lipinski definition) is 0. The van der Waals surface area contributed by atoms with E-state index in [-0.39, 0.29) is 17.8 Å². The number of rotatable bonds is 2. The average Bonchev–Trinajstić information content (AvgIpc) is 2.60. The Morgan fingerprint density at radius 1 is 1.17 bits per heavy atom. The molecule has 1 aromatic carbocycles. The van der Waals surface area contributed by atoms with Crippen LogP contribution < -0.4 is 0 Å². The van der Waals surface area contributed by atoms with E-state index in [1.165, 1.54) is 7.11 Å². The molecule has 3 rings (SSSR count). The van der Waals surface area contributed by atoms with E-state index in [0.717, 1.165) is 22.2 Å². The first-order valence-corrected chi connectivity index (χ1v) is 8.24. The predicted molar refractivity (Wildman–Crippen MR) is 91.9 cm³/mol. The molecule has 2 aromatic rings. The highest BCUT2D eigenvalue weighted by atomic mass is 16.5. The molecule has 1 fully saturated rings. The first-order valence-electron chi connectivity index (χ1n) is 8.24. The number of pyridine rings is 1. The second-order valence-corrected chi connectivity index (χ2v) is 6.41. The number of fused-ring (bicyclic) bond motifs is 1. The normalized spacial score (nSPS) is 15.5. The fourth-order valence-corrected chi connectivity index (χ4v) is 3.26. The van der Waals surface area contributed by atoms with Gasteiger partial charge in [-0.1, -0.05) is 11.6 Å². The van der Waals surface area contributed by atoms with Crippen molar-refractivity contribution in [1.82, 2.24) is 9.88 Å². The van der Waals surface area contributed by atoms with Crippen LogP contribution in [0.5, 0.6) is 0 Å². The summed E-state index contributed by atoms with van der Waals surface area (Å²) >= 11 is 0. The van der Waals surface area contributed by atoms with Crippen molar-refractivity contribution in [1.29, 1.82) is 0 Å². The monoisotopic (exact) mass is 326 g/mol. The summed E-state index contributed by atoms with van der Waals surface area (Å²) in [6.45, 7) is 5.04. The molecule has 24 heavy (non-hydrogen) atoms. The Kier molecular flexibility index (Phi) is 4.51. The van der Waals surface area contributed by atoms with Gasteiger partial charge in [-0.3, -0.25) is 14.6 Å². The van der Waals surface area contributed by atoms with E-state index in [1.807, 2.05) is 43.0 Å². The molecule has 0 unspecified atom stereocenters. The molecule has 1 saturated heterocycles. The van der Waals surface area contributed by atoms with Gasteiger partial charge >= 0.3 is 5.97 Å². The first kappa shape index (κ1) is 16.4. The molecule has 1 aliphatic heterocycles. The Morgan fingerprint density at radius 3 is 2.54 bits per heavy atom. The van der Waals surface area contributed by atoms with Crippen molar-refractivity contribution < 1.29 is 14.3 Å². The molecule has 0 bridgehead atoms. The number of carbonyl (C=O) groups excluding carboxylic acids is 2. The van der Waals surface area contributed by atoms with E-state index in [2.05, 4.69) is 4.98 Å². The van der Waals surface area contributed by atoms with Crippen LogP contribution in [0.25, 0.3) is 10.9 Å². The Bertz CT molecular complexity index is 793. The molecule has 0 spiro atoms. The topological polar surface area (TPSA) is 59.5 Å². The van der Waals surface area contributed by atoms with Crippen LogP contribution in [0, 0.1) is 19.8 Å². The number of aromatic nitrogens is 1. The van der Waals surface area contributed by atoms with Gasteiger partial charge in [0.2, 0.25) is 0 Å². The summed E-state index contributed by atoms with van der Waals surface area (Å²) < 4.78 is 4.80. The van der Waals surface area contributed by atoms with Gasteiger partial charge in [0.25, 0.3) is 5.91 Å². The van der Waals surface area contributed by atoms with Crippen molar-refractivity contribution in [2.75, 3.05) is 20.2 Å². The van der Waals surface area contributed by atoms with Gasteiger partial charge in [-0.05, 0) is 44.9 Å². The van der Waals surface area contributed by atoms with Gasteiger partial charge in [0.15, 0.2) is 0 Å². The predicted octanol–water partition coefficient (Wildman–Crippen LogP) is 2.88. The van der Waals surface area contributed by atoms with Gasteiger partial charge < -0.3 is 9.64 Å². The van der Waals surface area contributed by atoms with Crippen LogP contribution in [0.2, 0.25) is 0 Å². The van der Waals surface area contributed by atoms with Crippen molar-refractivity contribution in [3.8, 4) is 0 Å². The summed E-state index contributed by atoms with van der Waals surface area (Å²) in [6.07, 6.45) is 1.30. The smallest absolute Gasteiger partial charge is 0.308 e. The second-order valence-electron chi connectivity index (χ2n) is 6.41. The minimum Gasteiger partial charge on any atom is -0.469 e. The van der Waals surface area contributed by atoms with E-state index in [4.69, 9.17) is 4.74 Å². The number of amides is 1. The largest absolute Gasteiger partial charge is 0.469 e. The molecule has 5 heteroatoms. The highest BCUT2D eigenvalue weighted by Crippen LogP contribution is 2.23. The van der Waals surface area contributed by atoms with Crippen LogP contribution >= 0.6 is 0 Å². The highest BCUT2D eigenvalue weighted by molar-refractivity contribution is 5.98. The van der Waals surface area contributed by atoms with Crippen LogP contribution in [0.4, 0.5) is 0 Å². The summed E-state index contributed by atoms with van der Waals surface area (Å²) in [5.41, 5.74) is 3.43. The Balaban J connectivity index is 1.81. The quantitative estimate of drug-likeness (QED) is 0.796. The summed E-state index contributed by atoms with van der Waals surface area (Å²) in [5.74, 6) is -0.287. The maximum Gasteiger partial charge on any atom is 0.308 e. The maximum absolute atomic E-state index is 12.9. The van der Waals surface area contributed by atoms with Gasteiger partial charge in [-0.15, -0.1) is 0 Å². The number of ether oxygens (including phenoxy) is 1. The maximum atomic E-state index is 12.9. The lowest BCUT2D eigenvalue weighted by Gasteiger charge is -2.31. The van der Waals surface area contributed by atoms with E-state index in [9.17, 15) is 9.59 Å². The zero-order chi connectivity index (χ0) is 17.3. The molecule has 0 radical (unpaired) electrons. The van der Waals surface area contributed by atoms with E-state index < -0.39 is 0 Å². The van der Waals surface area contributed by atoms with Crippen LogP contribution in [0.15, 0.2) is 24.3 Å². The fourth-order valence-electron chi connectivity index (χ4n) is 3.26. The van der Waals surface area contributed by atoms with E-state index in [0.29, 0.717) is 31.5 Å². The highest BCUT2D eigenvalue weighted by Gasteiger charge is 2.29. The molecule has 0 aliphatic carbocycles. The summed E-state index contributed by atoms with van der Waals surface area (Å²) in [4.78, 5) is 30.9. The number of carbonyl (C=O) groups is 2. The number of hydrogen-bond acceptors (Lipinski definition) is 4. The van der Waals surface area contributed by atoms with Crippen LogP contribution in [0.1, 0.15) is 34.5 Å². The molecule has 2 heterocycles. The van der Waals surface area contributed by atoms with Crippen molar-refractivity contribution >= 4 is 22.8 Å². The number of esters is 1. The molecule has 1 aliphatic rings. The summed E-state index contributed by atoms with van der Waals surface area (Å²) in [6, 6.07) is 7.98. The number of piperidine rings is 1. The minimum absolute atomic E-state index is 0.00766. The van der Waals surface area contributed by atoms with Crippen LogP contribution in [0.3, 0.4) is 0 Å². The number of benzene rings is 1. The average molecular weight is 326 g/mol. The lowest BCUT2D eigenvalue weighted by atomic mass is 9.96. The molecule has 126 valence electrons. The molecule has 1 aromatic heterocycles. The lowest BCUT2D eigenvalue weighted by Crippen LogP contribution is -2.40. The third-order valence-corrected chi connectivity index (χ3v) is 4.71. The SMILES string of the molecule is COC(=O)C1CCN(C(=O)c2cc3cc(C)ccc3nc2C)CC1. The number of aryl methyl sites for hydroxylation is 2. The number of nitrogens with zero attached hydrogens (tertiary/aromatic N) is 2. The van der Waals surface area contributed by atoms with Gasteiger partial charge in [-0.2, -0.15) is 0 Å². The Labute approximate surface area is 141 Å². The lowest BCUT2D eigenvalue weighted by molar-refractivity contribution is -0.146. The van der Waals surface area contributed by atoms with Crippen LogP contribution in [-0.2, 0) is 9.53 Å². The minimum atomic E-state index is -0.180. The van der Waals surface area contributed by atoms with E-state index >= 15 is 0 Å². The number of likely N-dealkylation sites (tertiary alicyclic amines) is 1. The van der Waals surface area contributed by atoms with Gasteiger partial charge in [0, 0.05) is 18.5 Å². The van der Waals surface area contributed by atoms with Crippen molar-refractivity contribution in [3.63, 3.8) is 0 Å². The summed E-state index contributed by atoms with van der Waals surface area (Å²) in [5, 5.41) is 0.980. The summed E-state index contributed by atoms with van der Waals surface area (Å²) in [7, 11) is 1.41. The van der Waals surface area contributed by atoms with Crippen molar-refractivity contribution in [2.24, 2.45) is 5.92 Å². The molecular weight excluding hydrogens is 304 g/mol. The molecule has 0 saturated carbocycles. The molecule has 5 nitrogen and oxygen atoms in total. The first-order chi connectivity index (χ1) is 11.5. The fraction of sp³-hybridized carbons (Fsp3) is 0.421. The third kappa shape index (κ3) is 3.11. The number of methoxy groups -OCH3 is 1. The standard InChI is InChI=1S/C19H22N2O3/c1-12-4-5-17-15(10-12)11-16(13(2)20-17)18(22)21-8-6-14(7-9-21)19(23)24-3/h4-5,10-11,14H,6-9H2,1-3H3. The zero-order valence-corrected chi connectivity index (χ0v) is 14.3. The van der Waals surface area contributed by atoms with Gasteiger partial charge in [-0.25, -0.2) is 0 Å². The van der Waals surface area contributed by atoms with Gasteiger partial charge in [0.1, 0.15) is 0 Å². The van der Waals surface area contributed by atoms with Crippen molar-refractivity contribution in [2.45, 2.75) is 26.7 Å². The molecule has 0 N–H and O–H groups in total. The Hall–Kier alpha value is -2.43. The van der Waals surface area contributed by atoms with E-state index in [1.54, 1.807) is 0 Å². The van der Waals surface area contributed by atoms with Crippen LogP contribution in [-0.4, -0.2) is 42.0 Å². The zero-order valence-electron chi connectivity index (χ0n) is 14.3. The third-order valence-electron chi connectivity index (χ3n) is 4.71.